The van der Waals surface area contributed by atoms with Gasteiger partial charge in [0.2, 0.25) is 0 Å². The molecule has 0 aliphatic carbocycles. The average molecular weight is 273 g/mol. The van der Waals surface area contributed by atoms with E-state index < -0.39 is 0 Å². The smallest absolute Gasteiger partial charge is 0.0600 e. The molecule has 1 aromatic carbocycles. The Morgan fingerprint density at radius 1 is 1.06 bits per heavy atom. The van der Waals surface area contributed by atoms with Gasteiger partial charge in [0.15, 0.2) is 0 Å². The lowest BCUT2D eigenvalue weighted by Crippen LogP contribution is -1.95. The summed E-state index contributed by atoms with van der Waals surface area (Å²) in [5, 5.41) is 0.863. The van der Waals surface area contributed by atoms with Gasteiger partial charge in [0, 0.05) is 5.02 Å². The third-order valence-electron chi connectivity index (χ3n) is 3.26. The second-order valence-corrected chi connectivity index (χ2v) is 5.71. The zero-order valence-electron chi connectivity index (χ0n) is 11.0. The summed E-state index contributed by atoms with van der Waals surface area (Å²) >= 11 is 12.7. The predicted octanol–water partition coefficient (Wildman–Crippen LogP) is 6.21. The molecule has 0 N–H and O–H groups in total. The normalized spacial score (nSPS) is 12.8. The fourth-order valence-corrected chi connectivity index (χ4v) is 2.69. The van der Waals surface area contributed by atoms with Crippen LogP contribution in [0.2, 0.25) is 5.02 Å². The minimum atomic E-state index is 0.0543. The van der Waals surface area contributed by atoms with E-state index in [-0.39, 0.29) is 5.38 Å². The summed E-state index contributed by atoms with van der Waals surface area (Å²) in [7, 11) is 0. The average Bonchev–Trinajstić information content (AvgIpc) is 2.29. The lowest BCUT2D eigenvalue weighted by Gasteiger charge is -2.14. The SMILES string of the molecule is CCCCCCC(Cl)c1cc(C)c(C)cc1Cl. The van der Waals surface area contributed by atoms with Crippen LogP contribution >= 0.6 is 23.2 Å². The van der Waals surface area contributed by atoms with Crippen LogP contribution in [0, 0.1) is 13.8 Å². The van der Waals surface area contributed by atoms with Gasteiger partial charge in [-0.25, -0.2) is 0 Å². The molecule has 0 aromatic heterocycles. The van der Waals surface area contributed by atoms with Crippen molar-refractivity contribution in [2.45, 2.75) is 58.3 Å². The second-order valence-electron chi connectivity index (χ2n) is 4.77. The van der Waals surface area contributed by atoms with Crippen molar-refractivity contribution < 1.29 is 0 Å². The molecule has 0 bridgehead atoms. The molecule has 0 saturated heterocycles. The summed E-state index contributed by atoms with van der Waals surface area (Å²) in [6, 6.07) is 4.16. The molecule has 0 radical (unpaired) electrons. The van der Waals surface area contributed by atoms with Crippen LogP contribution in [0.15, 0.2) is 12.1 Å². The maximum Gasteiger partial charge on any atom is 0.0600 e. The van der Waals surface area contributed by atoms with E-state index in [1.807, 2.05) is 6.07 Å². The molecule has 0 aliphatic heterocycles. The van der Waals surface area contributed by atoms with E-state index in [0.717, 1.165) is 17.0 Å². The Bertz CT molecular complexity index is 358. The van der Waals surface area contributed by atoms with E-state index >= 15 is 0 Å². The number of hydrogen-bond donors (Lipinski definition) is 0. The molecule has 0 aliphatic rings. The number of unbranched alkanes of at least 4 members (excludes halogenated alkanes) is 3. The first-order chi connectivity index (χ1) is 8.06. The Morgan fingerprint density at radius 2 is 1.71 bits per heavy atom. The van der Waals surface area contributed by atoms with Crippen LogP contribution < -0.4 is 0 Å². The van der Waals surface area contributed by atoms with Crippen molar-refractivity contribution in [1.29, 1.82) is 0 Å². The maximum atomic E-state index is 6.43. The molecule has 0 fully saturated rings. The van der Waals surface area contributed by atoms with Crippen LogP contribution in [0.1, 0.15) is 61.1 Å². The van der Waals surface area contributed by atoms with E-state index in [0.29, 0.717) is 0 Å². The first-order valence-electron chi connectivity index (χ1n) is 6.47. The van der Waals surface area contributed by atoms with Gasteiger partial charge in [-0.1, -0.05) is 50.3 Å². The van der Waals surface area contributed by atoms with Gasteiger partial charge in [0.25, 0.3) is 0 Å². The molecule has 0 nitrogen and oxygen atoms in total. The van der Waals surface area contributed by atoms with E-state index in [4.69, 9.17) is 23.2 Å². The molecule has 0 heterocycles. The van der Waals surface area contributed by atoms with Gasteiger partial charge in [0.1, 0.15) is 0 Å². The number of halogens is 2. The molecule has 17 heavy (non-hydrogen) atoms. The minimum Gasteiger partial charge on any atom is -0.118 e. The topological polar surface area (TPSA) is 0 Å². The second kappa shape index (κ2) is 7.28. The van der Waals surface area contributed by atoms with Crippen LogP contribution in [-0.4, -0.2) is 0 Å². The monoisotopic (exact) mass is 272 g/mol. The molecule has 0 amide bonds. The fourth-order valence-electron chi connectivity index (χ4n) is 1.95. The van der Waals surface area contributed by atoms with E-state index in [2.05, 4.69) is 26.8 Å². The number of aryl methyl sites for hydroxylation is 2. The maximum absolute atomic E-state index is 6.43. The Morgan fingerprint density at radius 3 is 2.35 bits per heavy atom. The lowest BCUT2D eigenvalue weighted by atomic mass is 10.0. The van der Waals surface area contributed by atoms with Crippen LogP contribution in [0.25, 0.3) is 0 Å². The minimum absolute atomic E-state index is 0.0543. The summed E-state index contributed by atoms with van der Waals surface area (Å²) in [5.41, 5.74) is 3.59. The molecule has 2 heteroatoms. The highest BCUT2D eigenvalue weighted by Crippen LogP contribution is 2.33. The Hall–Kier alpha value is -0.200. The van der Waals surface area contributed by atoms with Crippen LogP contribution in [0.4, 0.5) is 0 Å². The quantitative estimate of drug-likeness (QED) is 0.427. The fraction of sp³-hybridized carbons (Fsp3) is 0.600. The number of hydrogen-bond acceptors (Lipinski definition) is 0. The van der Waals surface area contributed by atoms with Crippen molar-refractivity contribution in [3.8, 4) is 0 Å². The molecule has 0 saturated carbocycles. The summed E-state index contributed by atoms with van der Waals surface area (Å²) in [5.74, 6) is 0. The van der Waals surface area contributed by atoms with Crippen molar-refractivity contribution >= 4 is 23.2 Å². The highest BCUT2D eigenvalue weighted by molar-refractivity contribution is 6.32. The molecule has 1 rings (SSSR count). The third kappa shape index (κ3) is 4.52. The van der Waals surface area contributed by atoms with Gasteiger partial charge in [-0.2, -0.15) is 0 Å². The highest BCUT2D eigenvalue weighted by Gasteiger charge is 2.12. The zero-order valence-corrected chi connectivity index (χ0v) is 12.5. The van der Waals surface area contributed by atoms with Crippen molar-refractivity contribution in [1.82, 2.24) is 0 Å². The molecular weight excluding hydrogens is 251 g/mol. The van der Waals surface area contributed by atoms with Gasteiger partial charge < -0.3 is 0 Å². The summed E-state index contributed by atoms with van der Waals surface area (Å²) in [6.45, 7) is 6.41. The van der Waals surface area contributed by atoms with Crippen LogP contribution in [0.5, 0.6) is 0 Å². The van der Waals surface area contributed by atoms with E-state index in [9.17, 15) is 0 Å². The summed E-state index contributed by atoms with van der Waals surface area (Å²) < 4.78 is 0. The largest absolute Gasteiger partial charge is 0.118 e. The van der Waals surface area contributed by atoms with Crippen LogP contribution in [0.3, 0.4) is 0 Å². The lowest BCUT2D eigenvalue weighted by molar-refractivity contribution is 0.624. The first-order valence-corrected chi connectivity index (χ1v) is 7.28. The highest BCUT2D eigenvalue weighted by atomic mass is 35.5. The van der Waals surface area contributed by atoms with Crippen molar-refractivity contribution in [3.63, 3.8) is 0 Å². The van der Waals surface area contributed by atoms with Gasteiger partial charge in [0.05, 0.1) is 5.38 Å². The van der Waals surface area contributed by atoms with Gasteiger partial charge in [-0.05, 0) is 43.0 Å². The zero-order chi connectivity index (χ0) is 12.8. The van der Waals surface area contributed by atoms with Gasteiger partial charge in [-0.15, -0.1) is 11.6 Å². The first kappa shape index (κ1) is 14.9. The predicted molar refractivity (Wildman–Crippen MR) is 78.3 cm³/mol. The Labute approximate surface area is 115 Å². The molecule has 1 unspecified atom stereocenters. The van der Waals surface area contributed by atoms with Gasteiger partial charge in [-0.3, -0.25) is 0 Å². The van der Waals surface area contributed by atoms with Gasteiger partial charge >= 0.3 is 0 Å². The summed E-state index contributed by atoms with van der Waals surface area (Å²) in [4.78, 5) is 0. The van der Waals surface area contributed by atoms with Crippen molar-refractivity contribution in [2.75, 3.05) is 0 Å². The standard InChI is InChI=1S/C15H22Cl2/c1-4-5-6-7-8-14(16)13-9-11(2)12(3)10-15(13)17/h9-10,14H,4-8H2,1-3H3. The molecule has 1 atom stereocenters. The van der Waals surface area contributed by atoms with Crippen molar-refractivity contribution in [3.05, 3.63) is 33.8 Å². The molecular formula is C15H22Cl2. The molecule has 96 valence electrons. The Balaban J connectivity index is 2.62. The molecule has 1 aromatic rings. The van der Waals surface area contributed by atoms with Crippen molar-refractivity contribution in [2.24, 2.45) is 0 Å². The number of alkyl halides is 1. The Kier molecular flexibility index (Phi) is 6.37. The van der Waals surface area contributed by atoms with E-state index in [1.165, 1.54) is 36.8 Å². The van der Waals surface area contributed by atoms with E-state index in [1.54, 1.807) is 0 Å². The summed E-state index contributed by atoms with van der Waals surface area (Å²) in [6.07, 6.45) is 6.03. The number of benzene rings is 1. The van der Waals surface area contributed by atoms with Crippen LogP contribution in [-0.2, 0) is 0 Å². The third-order valence-corrected chi connectivity index (χ3v) is 4.04. The molecule has 0 spiro atoms. The number of rotatable bonds is 6.